The van der Waals surface area contributed by atoms with Crippen molar-refractivity contribution in [2.45, 2.75) is 31.1 Å². The molecule has 6 heteroatoms. The van der Waals surface area contributed by atoms with Crippen molar-refractivity contribution in [3.8, 4) is 0 Å². The van der Waals surface area contributed by atoms with Crippen LogP contribution >= 0.6 is 0 Å². The Balaban J connectivity index is 2.24. The van der Waals surface area contributed by atoms with Gasteiger partial charge in [0.05, 0.1) is 5.56 Å². The Kier molecular flexibility index (Phi) is 3.82. The van der Waals surface area contributed by atoms with E-state index in [-0.39, 0.29) is 6.04 Å². The highest BCUT2D eigenvalue weighted by molar-refractivity contribution is 5.29. The van der Waals surface area contributed by atoms with Gasteiger partial charge in [-0.05, 0) is 44.1 Å². The van der Waals surface area contributed by atoms with Crippen molar-refractivity contribution in [2.75, 3.05) is 13.6 Å². The number of benzene rings is 1. The zero-order valence-corrected chi connectivity index (χ0v) is 10.5. The van der Waals surface area contributed by atoms with Crippen molar-refractivity contribution in [2.24, 2.45) is 5.73 Å². The van der Waals surface area contributed by atoms with Crippen LogP contribution in [0.4, 0.5) is 17.6 Å². The monoisotopic (exact) mass is 276 g/mol. The van der Waals surface area contributed by atoms with Crippen LogP contribution in [0.1, 0.15) is 30.0 Å². The molecule has 2 rings (SSSR count). The van der Waals surface area contributed by atoms with Gasteiger partial charge >= 0.3 is 6.18 Å². The number of nitrogens with zero attached hydrogens (tertiary/aromatic N) is 1. The highest BCUT2D eigenvalue weighted by atomic mass is 19.4. The molecule has 1 aromatic rings. The molecule has 1 fully saturated rings. The Morgan fingerprint density at radius 3 is 2.53 bits per heavy atom. The molecule has 19 heavy (non-hydrogen) atoms. The van der Waals surface area contributed by atoms with Gasteiger partial charge in [-0.15, -0.1) is 0 Å². The summed E-state index contributed by atoms with van der Waals surface area (Å²) in [4.78, 5) is 2.06. The van der Waals surface area contributed by atoms with Gasteiger partial charge in [-0.25, -0.2) is 4.39 Å². The molecular formula is C13H16F4N2. The Hall–Kier alpha value is -1.14. The Morgan fingerprint density at radius 1 is 1.37 bits per heavy atom. The van der Waals surface area contributed by atoms with Gasteiger partial charge in [0, 0.05) is 12.1 Å². The fourth-order valence-electron chi connectivity index (χ4n) is 2.58. The number of hydrogen-bond donors (Lipinski definition) is 1. The van der Waals surface area contributed by atoms with E-state index in [2.05, 4.69) is 4.90 Å². The van der Waals surface area contributed by atoms with Crippen LogP contribution in [0, 0.1) is 5.82 Å². The molecule has 1 heterocycles. The number of alkyl halides is 3. The number of hydrogen-bond acceptors (Lipinski definition) is 2. The van der Waals surface area contributed by atoms with Gasteiger partial charge < -0.3 is 10.6 Å². The van der Waals surface area contributed by atoms with E-state index >= 15 is 0 Å². The van der Waals surface area contributed by atoms with Crippen molar-refractivity contribution in [1.82, 2.24) is 4.90 Å². The molecule has 0 spiro atoms. The van der Waals surface area contributed by atoms with Crippen LogP contribution in [-0.2, 0) is 6.18 Å². The quantitative estimate of drug-likeness (QED) is 0.841. The first-order chi connectivity index (χ1) is 8.80. The third kappa shape index (κ3) is 2.90. The summed E-state index contributed by atoms with van der Waals surface area (Å²) in [6.07, 6.45) is -2.80. The number of halogens is 4. The van der Waals surface area contributed by atoms with E-state index in [1.54, 1.807) is 0 Å². The largest absolute Gasteiger partial charge is 0.419 e. The summed E-state index contributed by atoms with van der Waals surface area (Å²) in [6, 6.07) is 2.52. The van der Waals surface area contributed by atoms with Gasteiger partial charge in [-0.1, -0.05) is 6.07 Å². The average molecular weight is 276 g/mol. The number of likely N-dealkylation sites (N-methyl/N-ethyl adjacent to an activating group) is 1. The smallest absolute Gasteiger partial charge is 0.323 e. The van der Waals surface area contributed by atoms with Gasteiger partial charge in [0.25, 0.3) is 0 Å². The Morgan fingerprint density at radius 2 is 2.05 bits per heavy atom. The molecule has 1 aromatic carbocycles. The molecule has 1 aliphatic heterocycles. The molecule has 2 nitrogen and oxygen atoms in total. The van der Waals surface area contributed by atoms with Gasteiger partial charge in [0.1, 0.15) is 5.82 Å². The van der Waals surface area contributed by atoms with Gasteiger partial charge in [-0.3, -0.25) is 0 Å². The van der Waals surface area contributed by atoms with Gasteiger partial charge in [0.2, 0.25) is 0 Å². The zero-order chi connectivity index (χ0) is 14.2. The minimum Gasteiger partial charge on any atom is -0.323 e. The van der Waals surface area contributed by atoms with E-state index in [1.807, 2.05) is 7.05 Å². The topological polar surface area (TPSA) is 29.3 Å². The molecular weight excluding hydrogens is 260 g/mol. The predicted molar refractivity (Wildman–Crippen MR) is 64.0 cm³/mol. The van der Waals surface area contributed by atoms with Gasteiger partial charge in [-0.2, -0.15) is 13.2 Å². The van der Waals surface area contributed by atoms with Crippen molar-refractivity contribution < 1.29 is 17.6 Å². The molecule has 1 aliphatic rings. The molecule has 2 N–H and O–H groups in total. The lowest BCUT2D eigenvalue weighted by Gasteiger charge is -2.26. The first kappa shape index (κ1) is 14.3. The highest BCUT2D eigenvalue weighted by Gasteiger charge is 2.35. The van der Waals surface area contributed by atoms with Crippen LogP contribution in [0.5, 0.6) is 0 Å². The summed E-state index contributed by atoms with van der Waals surface area (Å²) in [5.41, 5.74) is 5.19. The van der Waals surface area contributed by atoms with E-state index in [4.69, 9.17) is 5.73 Å². The Labute approximate surface area is 109 Å². The number of likely N-dealkylation sites (tertiary alicyclic amines) is 1. The summed E-state index contributed by atoms with van der Waals surface area (Å²) in [7, 11) is 1.91. The van der Waals surface area contributed by atoms with Crippen molar-refractivity contribution in [3.05, 3.63) is 35.1 Å². The Bertz CT molecular complexity index is 458. The maximum Gasteiger partial charge on any atom is 0.419 e. The van der Waals surface area contributed by atoms with Crippen LogP contribution in [0.25, 0.3) is 0 Å². The van der Waals surface area contributed by atoms with Crippen LogP contribution in [-0.4, -0.2) is 24.5 Å². The maximum atomic E-state index is 13.5. The molecule has 0 bridgehead atoms. The standard InChI is InChI=1S/C13H16F4N2/c1-19-6-2-3-11(19)12(18)8-4-5-9(10(14)7-8)13(15,16)17/h4-5,7,11-12H,2-3,6,18H2,1H3/t11-,12+/m1/s1. The van der Waals surface area contributed by atoms with E-state index in [1.165, 1.54) is 6.07 Å². The second-order valence-electron chi connectivity index (χ2n) is 4.95. The van der Waals surface area contributed by atoms with Crippen molar-refractivity contribution >= 4 is 0 Å². The fraction of sp³-hybridized carbons (Fsp3) is 0.538. The lowest BCUT2D eigenvalue weighted by Crippen LogP contribution is -2.35. The molecule has 106 valence electrons. The molecule has 2 atom stereocenters. The molecule has 1 saturated heterocycles. The zero-order valence-electron chi connectivity index (χ0n) is 10.5. The first-order valence-corrected chi connectivity index (χ1v) is 6.13. The highest BCUT2D eigenvalue weighted by Crippen LogP contribution is 2.33. The van der Waals surface area contributed by atoms with E-state index in [0.29, 0.717) is 5.56 Å². The van der Waals surface area contributed by atoms with Crippen LogP contribution in [0.3, 0.4) is 0 Å². The second-order valence-corrected chi connectivity index (χ2v) is 4.95. The SMILES string of the molecule is CN1CCC[C@@H]1[C@@H](N)c1ccc(C(F)(F)F)c(F)c1. The molecule has 0 radical (unpaired) electrons. The molecule has 0 aliphatic carbocycles. The van der Waals surface area contributed by atoms with E-state index < -0.39 is 23.6 Å². The van der Waals surface area contributed by atoms with Crippen LogP contribution in [0.15, 0.2) is 18.2 Å². The second kappa shape index (κ2) is 5.09. The number of nitrogens with two attached hydrogens (primary N) is 1. The van der Waals surface area contributed by atoms with Crippen molar-refractivity contribution in [1.29, 1.82) is 0 Å². The molecule has 0 unspecified atom stereocenters. The van der Waals surface area contributed by atoms with Crippen LogP contribution < -0.4 is 5.73 Å². The molecule has 0 saturated carbocycles. The summed E-state index contributed by atoms with van der Waals surface area (Å²) in [5.74, 6) is -1.26. The minimum atomic E-state index is -4.67. The lowest BCUT2D eigenvalue weighted by atomic mass is 9.97. The summed E-state index contributed by atoms with van der Waals surface area (Å²) >= 11 is 0. The van der Waals surface area contributed by atoms with Crippen molar-refractivity contribution in [3.63, 3.8) is 0 Å². The maximum absolute atomic E-state index is 13.5. The molecule has 0 aromatic heterocycles. The summed E-state index contributed by atoms with van der Waals surface area (Å²) in [5, 5.41) is 0. The molecule has 0 amide bonds. The first-order valence-electron chi connectivity index (χ1n) is 6.13. The minimum absolute atomic E-state index is 0.0520. The van der Waals surface area contributed by atoms with Crippen LogP contribution in [0.2, 0.25) is 0 Å². The third-order valence-corrected chi connectivity index (χ3v) is 3.67. The normalized spacial score (nSPS) is 22.7. The van der Waals surface area contributed by atoms with E-state index in [9.17, 15) is 17.6 Å². The van der Waals surface area contributed by atoms with E-state index in [0.717, 1.165) is 31.5 Å². The average Bonchev–Trinajstić information content (AvgIpc) is 2.72. The van der Waals surface area contributed by atoms with Gasteiger partial charge in [0.15, 0.2) is 0 Å². The number of rotatable bonds is 2. The lowest BCUT2D eigenvalue weighted by molar-refractivity contribution is -0.140. The predicted octanol–water partition coefficient (Wildman–Crippen LogP) is 2.94. The summed E-state index contributed by atoms with van der Waals surface area (Å²) < 4.78 is 50.9. The third-order valence-electron chi connectivity index (χ3n) is 3.67. The summed E-state index contributed by atoms with van der Waals surface area (Å²) in [6.45, 7) is 0.904. The fourth-order valence-corrected chi connectivity index (χ4v) is 2.58.